The average molecular weight is 338 g/mol. The van der Waals surface area contributed by atoms with E-state index in [0.29, 0.717) is 6.54 Å². The highest BCUT2D eigenvalue weighted by Crippen LogP contribution is 2.23. The van der Waals surface area contributed by atoms with Crippen LogP contribution in [0.5, 0.6) is 0 Å². The normalized spacial score (nSPS) is 14.0. The molecule has 2 N–H and O–H groups in total. The first-order chi connectivity index (χ1) is 9.55. The zero-order valence-electron chi connectivity index (χ0n) is 11.2. The van der Waals surface area contributed by atoms with Crippen molar-refractivity contribution in [2.45, 2.75) is 19.0 Å². The van der Waals surface area contributed by atoms with Gasteiger partial charge in [-0.05, 0) is 36.2 Å². The molecule has 0 aromatic heterocycles. The minimum Gasteiger partial charge on any atom is -0.394 e. The van der Waals surface area contributed by atoms with E-state index in [0.717, 1.165) is 15.6 Å². The van der Waals surface area contributed by atoms with Gasteiger partial charge in [-0.2, -0.15) is 0 Å². The summed E-state index contributed by atoms with van der Waals surface area (Å²) in [6, 6.07) is 14.3. The Morgan fingerprint density at radius 2 is 1.90 bits per heavy atom. The molecule has 2 rings (SSSR count). The molecule has 0 saturated carbocycles. The van der Waals surface area contributed by atoms with Crippen molar-refractivity contribution in [1.29, 1.82) is 0 Å². The first-order valence-electron chi connectivity index (χ1n) is 6.40. The highest BCUT2D eigenvalue weighted by atomic mass is 79.9. The van der Waals surface area contributed by atoms with Gasteiger partial charge in [0.25, 0.3) is 0 Å². The molecule has 2 aromatic rings. The van der Waals surface area contributed by atoms with Crippen LogP contribution in [0.2, 0.25) is 0 Å². The third-order valence-corrected chi connectivity index (χ3v) is 4.18. The molecule has 0 radical (unpaired) electrons. The summed E-state index contributed by atoms with van der Waals surface area (Å²) in [6.45, 7) is 2.35. The largest absolute Gasteiger partial charge is 0.394 e. The van der Waals surface area contributed by atoms with Crippen LogP contribution in [0.15, 0.2) is 53.0 Å². The minimum atomic E-state index is -0.562. The van der Waals surface area contributed by atoms with E-state index in [1.54, 1.807) is 6.07 Å². The molecule has 1 atom stereocenters. The topological polar surface area (TPSA) is 32.3 Å². The molecule has 0 fully saturated rings. The number of halogens is 2. The van der Waals surface area contributed by atoms with E-state index in [4.69, 9.17) is 0 Å². The summed E-state index contributed by atoms with van der Waals surface area (Å²) < 4.78 is 14.1. The second-order valence-corrected chi connectivity index (χ2v) is 5.80. The van der Waals surface area contributed by atoms with Crippen LogP contribution in [0, 0.1) is 5.82 Å². The van der Waals surface area contributed by atoms with Gasteiger partial charge in [-0.15, -0.1) is 0 Å². The highest BCUT2D eigenvalue weighted by molar-refractivity contribution is 9.10. The molecule has 0 bridgehead atoms. The van der Waals surface area contributed by atoms with E-state index < -0.39 is 5.54 Å². The third kappa shape index (κ3) is 3.45. The van der Waals surface area contributed by atoms with Crippen LogP contribution in [-0.4, -0.2) is 11.7 Å². The molecule has 20 heavy (non-hydrogen) atoms. The second-order valence-electron chi connectivity index (χ2n) is 4.95. The molecule has 0 aliphatic carbocycles. The molecule has 1 unspecified atom stereocenters. The summed E-state index contributed by atoms with van der Waals surface area (Å²) in [4.78, 5) is 0. The molecule has 0 aliphatic heterocycles. The van der Waals surface area contributed by atoms with E-state index in [-0.39, 0.29) is 12.4 Å². The fourth-order valence-corrected chi connectivity index (χ4v) is 2.41. The lowest BCUT2D eigenvalue weighted by molar-refractivity contribution is 0.173. The molecular formula is C16H17BrFNO. The maximum absolute atomic E-state index is 13.3. The SMILES string of the molecule is CC(CO)(NCc1cc(F)ccc1Br)c1ccccc1. The molecule has 2 aromatic carbocycles. The van der Waals surface area contributed by atoms with Crippen molar-refractivity contribution >= 4 is 15.9 Å². The quantitative estimate of drug-likeness (QED) is 0.873. The number of benzene rings is 2. The van der Waals surface area contributed by atoms with Crippen LogP contribution < -0.4 is 5.32 Å². The molecule has 106 valence electrons. The molecule has 0 heterocycles. The fraction of sp³-hybridized carbons (Fsp3) is 0.250. The fourth-order valence-electron chi connectivity index (χ4n) is 2.02. The molecular weight excluding hydrogens is 321 g/mol. The summed E-state index contributed by atoms with van der Waals surface area (Å²) in [7, 11) is 0. The van der Waals surface area contributed by atoms with Crippen molar-refractivity contribution in [3.05, 3.63) is 69.9 Å². The first kappa shape index (κ1) is 15.2. The van der Waals surface area contributed by atoms with E-state index in [9.17, 15) is 9.50 Å². The van der Waals surface area contributed by atoms with Crippen LogP contribution in [0.25, 0.3) is 0 Å². The maximum atomic E-state index is 13.3. The van der Waals surface area contributed by atoms with Crippen LogP contribution in [-0.2, 0) is 12.1 Å². The number of hydrogen-bond donors (Lipinski definition) is 2. The lowest BCUT2D eigenvalue weighted by atomic mass is 9.92. The first-order valence-corrected chi connectivity index (χ1v) is 7.20. The van der Waals surface area contributed by atoms with Gasteiger partial charge in [0, 0.05) is 11.0 Å². The lowest BCUT2D eigenvalue weighted by Crippen LogP contribution is -2.42. The Hall–Kier alpha value is -1.23. The van der Waals surface area contributed by atoms with Gasteiger partial charge in [-0.1, -0.05) is 46.3 Å². The van der Waals surface area contributed by atoms with Crippen molar-refractivity contribution in [3.63, 3.8) is 0 Å². The monoisotopic (exact) mass is 337 g/mol. The Labute approximate surface area is 126 Å². The standard InChI is InChI=1S/C16H17BrFNO/c1-16(11-20,13-5-3-2-4-6-13)19-10-12-9-14(18)7-8-15(12)17/h2-9,19-20H,10-11H2,1H3. The molecule has 2 nitrogen and oxygen atoms in total. The second kappa shape index (κ2) is 6.48. The number of aliphatic hydroxyl groups is 1. The summed E-state index contributed by atoms with van der Waals surface area (Å²) in [6.07, 6.45) is 0. The number of hydrogen-bond acceptors (Lipinski definition) is 2. The molecule has 0 saturated heterocycles. The zero-order chi connectivity index (χ0) is 14.6. The van der Waals surface area contributed by atoms with E-state index in [1.165, 1.54) is 12.1 Å². The van der Waals surface area contributed by atoms with Gasteiger partial charge in [-0.3, -0.25) is 0 Å². The van der Waals surface area contributed by atoms with Gasteiger partial charge in [0.15, 0.2) is 0 Å². The smallest absolute Gasteiger partial charge is 0.123 e. The molecule has 0 amide bonds. The van der Waals surface area contributed by atoms with E-state index >= 15 is 0 Å². The molecule has 0 spiro atoms. The Morgan fingerprint density at radius 1 is 1.20 bits per heavy atom. The van der Waals surface area contributed by atoms with Gasteiger partial charge >= 0.3 is 0 Å². The van der Waals surface area contributed by atoms with Crippen molar-refractivity contribution < 1.29 is 9.50 Å². The Balaban J connectivity index is 2.17. The van der Waals surface area contributed by atoms with E-state index in [2.05, 4.69) is 21.2 Å². The summed E-state index contributed by atoms with van der Waals surface area (Å²) in [5, 5.41) is 13.0. The third-order valence-electron chi connectivity index (χ3n) is 3.40. The number of nitrogens with one attached hydrogen (secondary N) is 1. The number of aliphatic hydroxyl groups excluding tert-OH is 1. The predicted molar refractivity (Wildman–Crippen MR) is 81.8 cm³/mol. The van der Waals surface area contributed by atoms with Crippen molar-refractivity contribution in [1.82, 2.24) is 5.32 Å². The molecule has 4 heteroatoms. The Bertz CT molecular complexity index is 576. The summed E-state index contributed by atoms with van der Waals surface area (Å²) in [5.74, 6) is -0.268. The predicted octanol–water partition coefficient (Wildman–Crippen LogP) is 3.59. The Morgan fingerprint density at radius 3 is 2.55 bits per heavy atom. The van der Waals surface area contributed by atoms with Gasteiger partial charge < -0.3 is 10.4 Å². The summed E-state index contributed by atoms with van der Waals surface area (Å²) in [5.41, 5.74) is 1.25. The van der Waals surface area contributed by atoms with Crippen molar-refractivity contribution in [2.75, 3.05) is 6.61 Å². The molecule has 0 aliphatic rings. The van der Waals surface area contributed by atoms with E-state index in [1.807, 2.05) is 37.3 Å². The van der Waals surface area contributed by atoms with Crippen LogP contribution in [0.4, 0.5) is 4.39 Å². The lowest BCUT2D eigenvalue weighted by Gasteiger charge is -2.29. The average Bonchev–Trinajstić information content (AvgIpc) is 2.49. The minimum absolute atomic E-state index is 0.0377. The number of rotatable bonds is 5. The highest BCUT2D eigenvalue weighted by Gasteiger charge is 2.25. The van der Waals surface area contributed by atoms with Gasteiger partial charge in [0.05, 0.1) is 12.1 Å². The zero-order valence-corrected chi connectivity index (χ0v) is 12.8. The van der Waals surface area contributed by atoms with Crippen molar-refractivity contribution in [2.24, 2.45) is 0 Å². The van der Waals surface area contributed by atoms with Crippen molar-refractivity contribution in [3.8, 4) is 0 Å². The van der Waals surface area contributed by atoms with Gasteiger partial charge in [-0.25, -0.2) is 4.39 Å². The van der Waals surface area contributed by atoms with Crippen LogP contribution in [0.3, 0.4) is 0 Å². The Kier molecular flexibility index (Phi) is 4.91. The van der Waals surface area contributed by atoms with Gasteiger partial charge in [0.2, 0.25) is 0 Å². The van der Waals surface area contributed by atoms with Gasteiger partial charge in [0.1, 0.15) is 5.82 Å². The maximum Gasteiger partial charge on any atom is 0.123 e. The van der Waals surface area contributed by atoms with Crippen LogP contribution >= 0.6 is 15.9 Å². The van der Waals surface area contributed by atoms with Crippen LogP contribution in [0.1, 0.15) is 18.1 Å². The summed E-state index contributed by atoms with van der Waals surface area (Å²) >= 11 is 3.41.